The molecule has 0 spiro atoms. The van der Waals surface area contributed by atoms with Crippen LogP contribution >= 0.6 is 0 Å². The first-order valence-corrected chi connectivity index (χ1v) is 9.67. The summed E-state index contributed by atoms with van der Waals surface area (Å²) in [5.74, 6) is -0.124. The van der Waals surface area contributed by atoms with E-state index < -0.39 is 19.9 Å². The van der Waals surface area contributed by atoms with Crippen molar-refractivity contribution in [3.8, 4) is 6.07 Å². The van der Waals surface area contributed by atoms with E-state index in [1.165, 1.54) is 24.3 Å². The number of hydrogen-bond acceptors (Lipinski definition) is 6. The molecule has 1 aromatic rings. The van der Waals surface area contributed by atoms with Gasteiger partial charge in [0.2, 0.25) is 10.0 Å². The van der Waals surface area contributed by atoms with Gasteiger partial charge in [0.1, 0.15) is 0 Å². The van der Waals surface area contributed by atoms with Crippen LogP contribution in [0.1, 0.15) is 5.56 Å². The minimum absolute atomic E-state index is 0.109. The Bertz CT molecular complexity index is 721. The Morgan fingerprint density at radius 3 is 2.48 bits per heavy atom. The molecule has 0 aromatic heterocycles. The monoisotopic (exact) mass is 331 g/mol. The maximum absolute atomic E-state index is 12.0. The van der Waals surface area contributed by atoms with E-state index in [2.05, 4.69) is 10.0 Å². The Kier molecular flexibility index (Phi) is 6.29. The fraction of sp³-hybridized carbons (Fsp3) is 0.417. The van der Waals surface area contributed by atoms with Gasteiger partial charge in [-0.1, -0.05) is 6.07 Å². The van der Waals surface area contributed by atoms with Crippen molar-refractivity contribution in [2.24, 2.45) is 0 Å². The van der Waals surface area contributed by atoms with Gasteiger partial charge < -0.3 is 5.32 Å². The second-order valence-corrected chi connectivity index (χ2v) is 8.32. The molecule has 0 amide bonds. The average molecular weight is 331 g/mol. The Balaban J connectivity index is 2.45. The van der Waals surface area contributed by atoms with E-state index in [-0.39, 0.29) is 23.7 Å². The van der Waals surface area contributed by atoms with Crippen LogP contribution < -0.4 is 10.0 Å². The number of sulfonamides is 1. The average Bonchev–Trinajstić information content (AvgIpc) is 2.41. The highest BCUT2D eigenvalue weighted by molar-refractivity contribution is 7.91. The van der Waals surface area contributed by atoms with E-state index in [4.69, 9.17) is 5.26 Å². The summed E-state index contributed by atoms with van der Waals surface area (Å²) in [5, 5.41) is 11.6. The number of nitrogens with one attached hydrogen (secondary N) is 2. The predicted octanol–water partition coefficient (Wildman–Crippen LogP) is -0.529. The van der Waals surface area contributed by atoms with E-state index in [1.807, 2.05) is 6.07 Å². The lowest BCUT2D eigenvalue weighted by Gasteiger charge is -2.07. The zero-order valence-electron chi connectivity index (χ0n) is 11.5. The minimum atomic E-state index is -3.46. The highest BCUT2D eigenvalue weighted by Crippen LogP contribution is 2.12. The molecular weight excluding hydrogens is 314 g/mol. The first-order chi connectivity index (χ1) is 9.74. The third-order valence-corrected chi connectivity index (χ3v) is 4.98. The van der Waals surface area contributed by atoms with Crippen molar-refractivity contribution < 1.29 is 16.8 Å². The van der Waals surface area contributed by atoms with Crippen LogP contribution in [-0.2, 0) is 19.9 Å². The van der Waals surface area contributed by atoms with E-state index in [9.17, 15) is 16.8 Å². The van der Waals surface area contributed by atoms with Crippen molar-refractivity contribution in [1.82, 2.24) is 10.0 Å². The van der Waals surface area contributed by atoms with Crippen molar-refractivity contribution in [3.63, 3.8) is 0 Å². The van der Waals surface area contributed by atoms with Crippen LogP contribution in [0.4, 0.5) is 0 Å². The zero-order valence-corrected chi connectivity index (χ0v) is 13.2. The Labute approximate surface area is 124 Å². The maximum atomic E-state index is 12.0. The molecule has 0 saturated heterocycles. The summed E-state index contributed by atoms with van der Waals surface area (Å²) < 4.78 is 48.0. The molecule has 0 saturated carbocycles. The molecule has 0 radical (unpaired) electrons. The lowest BCUT2D eigenvalue weighted by atomic mass is 10.2. The van der Waals surface area contributed by atoms with Crippen molar-refractivity contribution >= 4 is 19.9 Å². The fourth-order valence-corrected chi connectivity index (χ4v) is 3.25. The molecule has 0 aliphatic rings. The second-order valence-electron chi connectivity index (χ2n) is 4.38. The second kappa shape index (κ2) is 7.51. The summed E-state index contributed by atoms with van der Waals surface area (Å²) in [7, 11) is -6.69. The van der Waals surface area contributed by atoms with Gasteiger partial charge in [-0.05, 0) is 18.2 Å². The van der Waals surface area contributed by atoms with Crippen LogP contribution in [0, 0.1) is 11.3 Å². The molecule has 0 aliphatic carbocycles. The van der Waals surface area contributed by atoms with Gasteiger partial charge in [0, 0.05) is 19.6 Å². The Hall–Kier alpha value is -1.47. The molecule has 0 fully saturated rings. The number of nitrogens with zero attached hydrogens (tertiary/aromatic N) is 1. The van der Waals surface area contributed by atoms with Crippen LogP contribution in [0.5, 0.6) is 0 Å². The van der Waals surface area contributed by atoms with Crippen molar-refractivity contribution in [3.05, 3.63) is 29.8 Å². The molecule has 2 N–H and O–H groups in total. The van der Waals surface area contributed by atoms with Crippen molar-refractivity contribution in [2.75, 3.05) is 31.6 Å². The predicted molar refractivity (Wildman–Crippen MR) is 78.9 cm³/mol. The molecule has 9 heteroatoms. The van der Waals surface area contributed by atoms with Crippen LogP contribution in [0.3, 0.4) is 0 Å². The number of sulfone groups is 1. The first kappa shape index (κ1) is 17.6. The number of nitriles is 1. The van der Waals surface area contributed by atoms with Crippen LogP contribution in [0.15, 0.2) is 29.2 Å². The lowest BCUT2D eigenvalue weighted by Crippen LogP contribution is -2.33. The Morgan fingerprint density at radius 2 is 1.86 bits per heavy atom. The maximum Gasteiger partial charge on any atom is 0.208 e. The van der Waals surface area contributed by atoms with E-state index in [0.29, 0.717) is 12.1 Å². The van der Waals surface area contributed by atoms with Gasteiger partial charge in [0.15, 0.2) is 9.84 Å². The molecule has 7 nitrogen and oxygen atoms in total. The van der Waals surface area contributed by atoms with Gasteiger partial charge in [0.25, 0.3) is 0 Å². The fourth-order valence-electron chi connectivity index (χ4n) is 1.53. The first-order valence-electron chi connectivity index (χ1n) is 6.13. The van der Waals surface area contributed by atoms with Crippen LogP contribution in [0.2, 0.25) is 0 Å². The number of rotatable bonds is 8. The molecule has 0 unspecified atom stereocenters. The van der Waals surface area contributed by atoms with Gasteiger partial charge in [0.05, 0.1) is 28.5 Å². The molecule has 116 valence electrons. The normalized spacial score (nSPS) is 12.0. The minimum Gasteiger partial charge on any atom is -0.314 e. The molecule has 21 heavy (non-hydrogen) atoms. The standard InChI is InChI=1S/C12H17N3O4S2/c1-20(16,17)15-6-5-14-7-8-21(18,19)12-4-2-3-11(9-12)10-13/h2-4,9,14-15H,5-8H2,1H3. The summed E-state index contributed by atoms with van der Waals surface area (Å²) in [6.45, 7) is 0.730. The molecule has 1 aromatic carbocycles. The van der Waals surface area contributed by atoms with Crippen LogP contribution in [-0.4, -0.2) is 48.5 Å². The third kappa shape index (κ3) is 6.68. The van der Waals surface area contributed by atoms with Gasteiger partial charge in [-0.25, -0.2) is 21.6 Å². The summed E-state index contributed by atoms with van der Waals surface area (Å²) in [6, 6.07) is 7.73. The van der Waals surface area contributed by atoms with E-state index in [0.717, 1.165) is 6.26 Å². The molecule has 0 heterocycles. The van der Waals surface area contributed by atoms with Gasteiger partial charge in [-0.3, -0.25) is 0 Å². The van der Waals surface area contributed by atoms with E-state index in [1.54, 1.807) is 0 Å². The Morgan fingerprint density at radius 1 is 1.14 bits per heavy atom. The number of hydrogen-bond donors (Lipinski definition) is 2. The van der Waals surface area contributed by atoms with Crippen molar-refractivity contribution in [1.29, 1.82) is 5.26 Å². The summed E-state index contributed by atoms with van der Waals surface area (Å²) in [5.41, 5.74) is 0.293. The SMILES string of the molecule is CS(=O)(=O)NCCNCCS(=O)(=O)c1cccc(C#N)c1. The zero-order chi connectivity index (χ0) is 15.9. The molecular formula is C12H17N3O4S2. The summed E-state index contributed by atoms with van der Waals surface area (Å²) >= 11 is 0. The van der Waals surface area contributed by atoms with Gasteiger partial charge >= 0.3 is 0 Å². The lowest BCUT2D eigenvalue weighted by molar-refractivity contribution is 0.578. The van der Waals surface area contributed by atoms with E-state index >= 15 is 0 Å². The quantitative estimate of drug-likeness (QED) is 0.619. The highest BCUT2D eigenvalue weighted by Gasteiger charge is 2.14. The molecule has 0 bridgehead atoms. The topological polar surface area (TPSA) is 116 Å². The number of benzene rings is 1. The highest BCUT2D eigenvalue weighted by atomic mass is 32.2. The summed E-state index contributed by atoms with van der Waals surface area (Å²) in [4.78, 5) is 0.109. The third-order valence-electron chi connectivity index (χ3n) is 2.54. The molecule has 0 atom stereocenters. The summed E-state index contributed by atoms with van der Waals surface area (Å²) in [6.07, 6.45) is 1.06. The van der Waals surface area contributed by atoms with Crippen molar-refractivity contribution in [2.45, 2.75) is 4.90 Å². The largest absolute Gasteiger partial charge is 0.314 e. The molecule has 0 aliphatic heterocycles. The van der Waals surface area contributed by atoms with Gasteiger partial charge in [-0.2, -0.15) is 5.26 Å². The molecule has 1 rings (SSSR count). The van der Waals surface area contributed by atoms with Crippen LogP contribution in [0.25, 0.3) is 0 Å². The smallest absolute Gasteiger partial charge is 0.208 e. The van der Waals surface area contributed by atoms with Gasteiger partial charge in [-0.15, -0.1) is 0 Å².